The summed E-state index contributed by atoms with van der Waals surface area (Å²) in [5, 5.41) is 8.34. The van der Waals surface area contributed by atoms with Gasteiger partial charge in [0.1, 0.15) is 5.25 Å². The lowest BCUT2D eigenvalue weighted by Gasteiger charge is -2.16. The Balaban J connectivity index is 1.28. The molecule has 2 aliphatic rings. The van der Waals surface area contributed by atoms with Gasteiger partial charge in [-0.3, -0.25) is 19.7 Å². The van der Waals surface area contributed by atoms with Gasteiger partial charge in [-0.05, 0) is 43.0 Å². The van der Waals surface area contributed by atoms with Gasteiger partial charge in [0.25, 0.3) is 11.8 Å². The van der Waals surface area contributed by atoms with Gasteiger partial charge < -0.3 is 10.2 Å². The number of amidine groups is 1. The first-order valence-corrected chi connectivity index (χ1v) is 12.4. The Labute approximate surface area is 194 Å². The highest BCUT2D eigenvalue weighted by Crippen LogP contribution is 2.29. The van der Waals surface area contributed by atoms with Crippen LogP contribution in [0.3, 0.4) is 0 Å². The van der Waals surface area contributed by atoms with Crippen molar-refractivity contribution in [3.05, 3.63) is 40.9 Å². The lowest BCUT2D eigenvalue weighted by molar-refractivity contribution is -0.121. The number of anilines is 2. The number of nitrogens with zero attached hydrogens (tertiary/aromatic N) is 3. The van der Waals surface area contributed by atoms with Crippen molar-refractivity contribution < 1.29 is 14.4 Å². The van der Waals surface area contributed by atoms with Crippen LogP contribution in [0.4, 0.5) is 10.8 Å². The number of aliphatic imine (C=N–C) groups is 1. The lowest BCUT2D eigenvalue weighted by Crippen LogP contribution is -2.25. The Morgan fingerprint density at radius 1 is 1.16 bits per heavy atom. The van der Waals surface area contributed by atoms with E-state index in [-0.39, 0.29) is 24.1 Å². The number of thioether (sulfide) groups is 1. The van der Waals surface area contributed by atoms with Crippen molar-refractivity contribution in [3.8, 4) is 0 Å². The van der Waals surface area contributed by atoms with Crippen molar-refractivity contribution >= 4 is 56.8 Å². The zero-order valence-corrected chi connectivity index (χ0v) is 19.6. The fourth-order valence-corrected chi connectivity index (χ4v) is 5.40. The van der Waals surface area contributed by atoms with E-state index in [4.69, 9.17) is 0 Å². The number of likely N-dealkylation sites (tertiary alicyclic amines) is 1. The molecule has 0 radical (unpaired) electrons. The monoisotopic (exact) mass is 471 g/mol. The molecule has 3 heterocycles. The highest BCUT2D eigenvalue weighted by atomic mass is 32.2. The molecule has 0 aliphatic carbocycles. The number of rotatable bonds is 6. The van der Waals surface area contributed by atoms with E-state index in [9.17, 15) is 14.4 Å². The van der Waals surface area contributed by atoms with Crippen molar-refractivity contribution in [3.63, 3.8) is 0 Å². The molecule has 1 atom stereocenters. The van der Waals surface area contributed by atoms with Crippen LogP contribution in [0.1, 0.15) is 55.1 Å². The minimum atomic E-state index is -0.482. The lowest BCUT2D eigenvalue weighted by atomic mass is 10.2. The van der Waals surface area contributed by atoms with E-state index >= 15 is 0 Å². The fraction of sp³-hybridized carbons (Fsp3) is 0.409. The molecule has 4 rings (SSSR count). The standard InChI is InChI=1S/C22H25N5O3S2/c1-13(2)16-12-31-21(24-16)25-19(29)14-5-7-15(8-6-14)23-18(28)11-17-20(30)26-22(32-17)27-9-3-4-10-27/h5-8,12-13,17H,3-4,9-11H2,1-2H3,(H,23,28)(H,24,25,29)/t17-/m0/s1. The molecule has 0 unspecified atom stereocenters. The van der Waals surface area contributed by atoms with Gasteiger partial charge in [0.05, 0.1) is 5.69 Å². The van der Waals surface area contributed by atoms with Crippen LogP contribution in [0.5, 0.6) is 0 Å². The van der Waals surface area contributed by atoms with Crippen molar-refractivity contribution in [2.24, 2.45) is 4.99 Å². The summed E-state index contributed by atoms with van der Waals surface area (Å²) < 4.78 is 0. The third-order valence-electron chi connectivity index (χ3n) is 5.24. The van der Waals surface area contributed by atoms with Crippen LogP contribution in [0.25, 0.3) is 0 Å². The minimum Gasteiger partial charge on any atom is -0.351 e. The van der Waals surface area contributed by atoms with E-state index in [1.54, 1.807) is 24.3 Å². The topological polar surface area (TPSA) is 104 Å². The molecule has 3 amide bonds. The summed E-state index contributed by atoms with van der Waals surface area (Å²) >= 11 is 2.77. The number of thiazole rings is 1. The Hall–Kier alpha value is -2.72. The first-order chi connectivity index (χ1) is 15.4. The summed E-state index contributed by atoms with van der Waals surface area (Å²) in [6, 6.07) is 6.63. The summed E-state index contributed by atoms with van der Waals surface area (Å²) in [6.45, 7) is 5.93. The van der Waals surface area contributed by atoms with Gasteiger partial charge in [-0.2, -0.15) is 4.99 Å². The molecule has 1 aromatic heterocycles. The highest BCUT2D eigenvalue weighted by Gasteiger charge is 2.33. The molecule has 168 valence electrons. The third-order valence-corrected chi connectivity index (χ3v) is 7.23. The van der Waals surface area contributed by atoms with Crippen LogP contribution < -0.4 is 10.6 Å². The molecule has 0 spiro atoms. The maximum absolute atomic E-state index is 12.4. The quantitative estimate of drug-likeness (QED) is 0.661. The number of aromatic nitrogens is 1. The Bertz CT molecular complexity index is 1040. The number of carbonyl (C=O) groups excluding carboxylic acids is 3. The average Bonchev–Trinajstić information content (AvgIpc) is 3.50. The third kappa shape index (κ3) is 5.36. The van der Waals surface area contributed by atoms with Gasteiger partial charge in [-0.25, -0.2) is 4.98 Å². The normalized spacial score (nSPS) is 18.2. The SMILES string of the molecule is CC(C)c1csc(NC(=O)c2ccc(NC(=O)C[C@@H]3SC(N4CCCC4)=NC3=O)cc2)n1. The second-order valence-electron chi connectivity index (χ2n) is 8.05. The number of hydrogen-bond acceptors (Lipinski definition) is 7. The second-order valence-corrected chi connectivity index (χ2v) is 10.1. The second kappa shape index (κ2) is 9.83. The van der Waals surface area contributed by atoms with Gasteiger partial charge in [0.15, 0.2) is 10.3 Å². The zero-order chi connectivity index (χ0) is 22.7. The molecule has 8 nitrogen and oxygen atoms in total. The Kier molecular flexibility index (Phi) is 6.90. The number of nitrogens with one attached hydrogen (secondary N) is 2. The molecule has 2 aliphatic heterocycles. The van der Waals surface area contributed by atoms with Crippen molar-refractivity contribution in [1.29, 1.82) is 0 Å². The summed E-state index contributed by atoms with van der Waals surface area (Å²) in [6.07, 6.45) is 2.28. The van der Waals surface area contributed by atoms with Gasteiger partial charge in [0, 0.05) is 36.1 Å². The van der Waals surface area contributed by atoms with E-state index in [1.165, 1.54) is 23.1 Å². The van der Waals surface area contributed by atoms with Crippen molar-refractivity contribution in [2.75, 3.05) is 23.7 Å². The van der Waals surface area contributed by atoms with Crippen LogP contribution in [-0.4, -0.2) is 51.1 Å². The Morgan fingerprint density at radius 2 is 1.88 bits per heavy atom. The fourth-order valence-electron chi connectivity index (χ4n) is 3.42. The van der Waals surface area contributed by atoms with Crippen LogP contribution in [0, 0.1) is 0 Å². The van der Waals surface area contributed by atoms with Crippen molar-refractivity contribution in [2.45, 2.75) is 44.3 Å². The number of carbonyl (C=O) groups is 3. The molecule has 0 saturated carbocycles. The molecule has 1 fully saturated rings. The van der Waals surface area contributed by atoms with Crippen LogP contribution in [0.15, 0.2) is 34.6 Å². The molecule has 0 bridgehead atoms. The molecule has 1 aromatic carbocycles. The van der Waals surface area contributed by atoms with E-state index in [1.807, 2.05) is 5.38 Å². The van der Waals surface area contributed by atoms with Crippen LogP contribution in [0.2, 0.25) is 0 Å². The Morgan fingerprint density at radius 3 is 2.53 bits per heavy atom. The maximum Gasteiger partial charge on any atom is 0.262 e. The van der Waals surface area contributed by atoms with E-state index in [0.29, 0.717) is 22.3 Å². The molecule has 32 heavy (non-hydrogen) atoms. The molecule has 2 N–H and O–H groups in total. The molecular formula is C22H25N5O3S2. The predicted molar refractivity (Wildman–Crippen MR) is 128 cm³/mol. The predicted octanol–water partition coefficient (Wildman–Crippen LogP) is 3.94. The van der Waals surface area contributed by atoms with Gasteiger partial charge in [-0.1, -0.05) is 25.6 Å². The van der Waals surface area contributed by atoms with Gasteiger partial charge in [0.2, 0.25) is 5.91 Å². The van der Waals surface area contributed by atoms with Gasteiger partial charge in [-0.15, -0.1) is 11.3 Å². The summed E-state index contributed by atoms with van der Waals surface area (Å²) in [4.78, 5) is 47.7. The number of hydrogen-bond donors (Lipinski definition) is 2. The molecule has 10 heteroatoms. The van der Waals surface area contributed by atoms with Crippen LogP contribution >= 0.6 is 23.1 Å². The molecule has 2 aromatic rings. The molecule has 1 saturated heterocycles. The average molecular weight is 472 g/mol. The largest absolute Gasteiger partial charge is 0.351 e. The van der Waals surface area contributed by atoms with Crippen molar-refractivity contribution in [1.82, 2.24) is 9.88 Å². The minimum absolute atomic E-state index is 0.0643. The number of benzene rings is 1. The first kappa shape index (κ1) is 22.5. The maximum atomic E-state index is 12.4. The summed E-state index contributed by atoms with van der Waals surface area (Å²) in [5.74, 6) is -0.458. The van der Waals surface area contributed by atoms with E-state index in [0.717, 1.165) is 36.8 Å². The van der Waals surface area contributed by atoms with Gasteiger partial charge >= 0.3 is 0 Å². The van der Waals surface area contributed by atoms with E-state index in [2.05, 4.69) is 39.4 Å². The number of amides is 3. The van der Waals surface area contributed by atoms with Crippen LogP contribution in [-0.2, 0) is 9.59 Å². The smallest absolute Gasteiger partial charge is 0.262 e. The molecular weight excluding hydrogens is 446 g/mol. The first-order valence-electron chi connectivity index (χ1n) is 10.6. The van der Waals surface area contributed by atoms with E-state index < -0.39 is 5.25 Å². The highest BCUT2D eigenvalue weighted by molar-refractivity contribution is 8.15. The summed E-state index contributed by atoms with van der Waals surface area (Å²) in [5.41, 5.74) is 1.98. The zero-order valence-electron chi connectivity index (χ0n) is 18.0. The summed E-state index contributed by atoms with van der Waals surface area (Å²) in [7, 11) is 0.